The third-order valence-corrected chi connectivity index (χ3v) is 6.79. The van der Waals surface area contributed by atoms with Crippen molar-refractivity contribution < 1.29 is 14.3 Å². The van der Waals surface area contributed by atoms with Gasteiger partial charge < -0.3 is 10.1 Å². The fourth-order valence-corrected chi connectivity index (χ4v) is 5.08. The first-order valence-electron chi connectivity index (χ1n) is 10.7. The number of carbonyl (C=O) groups excluding carboxylic acids is 2. The molecule has 0 unspecified atom stereocenters. The lowest BCUT2D eigenvalue weighted by Crippen LogP contribution is -2.32. The molecule has 30 heavy (non-hydrogen) atoms. The van der Waals surface area contributed by atoms with E-state index in [4.69, 9.17) is 4.74 Å². The first-order chi connectivity index (χ1) is 14.3. The number of amides is 1. The zero-order valence-electron chi connectivity index (χ0n) is 17.8. The lowest BCUT2D eigenvalue weighted by atomic mass is 9.86. The minimum Gasteiger partial charge on any atom is -0.453 e. The Morgan fingerprint density at radius 1 is 1.20 bits per heavy atom. The lowest BCUT2D eigenvalue weighted by molar-refractivity contribution is -0.154. The van der Waals surface area contributed by atoms with Crippen molar-refractivity contribution in [3.05, 3.63) is 46.4 Å². The van der Waals surface area contributed by atoms with Gasteiger partial charge in [-0.15, -0.1) is 0 Å². The van der Waals surface area contributed by atoms with Gasteiger partial charge >= 0.3 is 5.97 Å². The summed E-state index contributed by atoms with van der Waals surface area (Å²) in [5.41, 5.74) is 1.20. The largest absolute Gasteiger partial charge is 0.453 e. The quantitative estimate of drug-likeness (QED) is 0.740. The molecule has 7 nitrogen and oxygen atoms in total. The Morgan fingerprint density at radius 3 is 2.57 bits per heavy atom. The van der Waals surface area contributed by atoms with Gasteiger partial charge in [0.2, 0.25) is 0 Å². The highest BCUT2D eigenvalue weighted by Gasteiger charge is 2.40. The molecule has 1 amide bonds. The van der Waals surface area contributed by atoms with Crippen molar-refractivity contribution in [2.24, 2.45) is 24.8 Å². The highest BCUT2D eigenvalue weighted by molar-refractivity contribution is 5.95. The molecule has 2 fully saturated rings. The van der Waals surface area contributed by atoms with Crippen LogP contribution in [0.25, 0.3) is 5.69 Å². The van der Waals surface area contributed by atoms with Crippen molar-refractivity contribution in [1.82, 2.24) is 9.36 Å². The second kappa shape index (κ2) is 8.13. The maximum atomic E-state index is 12.9. The van der Waals surface area contributed by atoms with Gasteiger partial charge in [0.15, 0.2) is 6.10 Å². The Morgan fingerprint density at radius 2 is 1.93 bits per heavy atom. The van der Waals surface area contributed by atoms with E-state index in [1.165, 1.54) is 23.9 Å². The number of ether oxygens (including phenoxy) is 1. The normalized spacial score (nSPS) is 23.4. The third-order valence-electron chi connectivity index (χ3n) is 6.79. The van der Waals surface area contributed by atoms with Crippen LogP contribution in [0.4, 0.5) is 5.69 Å². The zero-order chi connectivity index (χ0) is 21.4. The summed E-state index contributed by atoms with van der Waals surface area (Å²) < 4.78 is 8.58. The number of benzene rings is 1. The SMILES string of the molecule is Cc1c(NC(=O)[C@@H](C)OC(=O)C[C@@H]2C[C@H]3CC[C@H]2C3)c(=O)n(-c2ccccc2)n1C. The van der Waals surface area contributed by atoms with Gasteiger partial charge in [-0.25, -0.2) is 4.68 Å². The molecule has 1 aromatic heterocycles. The van der Waals surface area contributed by atoms with Crippen LogP contribution in [0.5, 0.6) is 0 Å². The summed E-state index contributed by atoms with van der Waals surface area (Å²) in [6.45, 7) is 3.31. The van der Waals surface area contributed by atoms with Crippen molar-refractivity contribution in [3.63, 3.8) is 0 Å². The van der Waals surface area contributed by atoms with Crippen LogP contribution in [0.1, 0.15) is 44.7 Å². The number of para-hydroxylation sites is 1. The predicted molar refractivity (Wildman–Crippen MR) is 113 cm³/mol. The monoisotopic (exact) mass is 411 g/mol. The molecule has 0 radical (unpaired) electrons. The second-order valence-corrected chi connectivity index (χ2v) is 8.70. The topological polar surface area (TPSA) is 82.3 Å². The molecule has 0 saturated heterocycles. The zero-order valence-corrected chi connectivity index (χ0v) is 17.8. The second-order valence-electron chi connectivity index (χ2n) is 8.70. The summed E-state index contributed by atoms with van der Waals surface area (Å²) in [4.78, 5) is 37.9. The van der Waals surface area contributed by atoms with E-state index in [1.54, 1.807) is 25.6 Å². The number of esters is 1. The molecule has 7 heteroatoms. The minimum atomic E-state index is -0.958. The number of rotatable bonds is 6. The maximum Gasteiger partial charge on any atom is 0.306 e. The van der Waals surface area contributed by atoms with Crippen LogP contribution in [0.15, 0.2) is 35.1 Å². The lowest BCUT2D eigenvalue weighted by Gasteiger charge is -2.21. The fraction of sp³-hybridized carbons (Fsp3) is 0.522. The number of hydrogen-bond donors (Lipinski definition) is 1. The number of carbonyl (C=O) groups is 2. The Balaban J connectivity index is 1.41. The van der Waals surface area contributed by atoms with E-state index in [-0.39, 0.29) is 17.2 Å². The van der Waals surface area contributed by atoms with Crippen LogP contribution >= 0.6 is 0 Å². The van der Waals surface area contributed by atoms with Crippen molar-refractivity contribution in [2.45, 2.75) is 52.1 Å². The molecule has 0 spiro atoms. The van der Waals surface area contributed by atoms with Crippen LogP contribution in [0, 0.1) is 24.7 Å². The van der Waals surface area contributed by atoms with E-state index in [0.29, 0.717) is 29.6 Å². The molecule has 4 atom stereocenters. The predicted octanol–water partition coefficient (Wildman–Crippen LogP) is 3.18. The first kappa shape index (κ1) is 20.4. The Bertz CT molecular complexity index is 1010. The fourth-order valence-electron chi connectivity index (χ4n) is 5.08. The minimum absolute atomic E-state index is 0.197. The van der Waals surface area contributed by atoms with Gasteiger partial charge in [-0.2, -0.15) is 0 Å². The van der Waals surface area contributed by atoms with Crippen LogP contribution in [0.2, 0.25) is 0 Å². The van der Waals surface area contributed by atoms with E-state index in [9.17, 15) is 14.4 Å². The van der Waals surface area contributed by atoms with E-state index < -0.39 is 12.0 Å². The number of anilines is 1. The van der Waals surface area contributed by atoms with Crippen LogP contribution in [0.3, 0.4) is 0 Å². The number of aromatic nitrogens is 2. The average Bonchev–Trinajstić information content (AvgIpc) is 3.39. The van der Waals surface area contributed by atoms with E-state index in [1.807, 2.05) is 30.3 Å². The molecule has 1 heterocycles. The number of nitrogens with one attached hydrogen (secondary N) is 1. The molecule has 2 aromatic rings. The van der Waals surface area contributed by atoms with Gasteiger partial charge in [0, 0.05) is 13.5 Å². The van der Waals surface area contributed by atoms with Gasteiger partial charge in [-0.3, -0.25) is 19.1 Å². The Labute approximate surface area is 176 Å². The molecule has 2 aliphatic carbocycles. The smallest absolute Gasteiger partial charge is 0.306 e. The van der Waals surface area contributed by atoms with Gasteiger partial charge in [0.05, 0.1) is 11.4 Å². The van der Waals surface area contributed by atoms with E-state index in [0.717, 1.165) is 12.3 Å². The number of fused-ring (bicyclic) bond motifs is 2. The molecule has 160 valence electrons. The molecule has 1 N–H and O–H groups in total. The first-order valence-corrected chi connectivity index (χ1v) is 10.7. The van der Waals surface area contributed by atoms with Crippen LogP contribution in [-0.2, 0) is 21.4 Å². The van der Waals surface area contributed by atoms with Crippen LogP contribution in [-0.4, -0.2) is 27.3 Å². The summed E-state index contributed by atoms with van der Waals surface area (Å²) in [5, 5.41) is 2.66. The average molecular weight is 412 g/mol. The molecule has 2 bridgehead atoms. The molecule has 0 aliphatic heterocycles. The summed E-state index contributed by atoms with van der Waals surface area (Å²) in [7, 11) is 1.76. The highest BCUT2D eigenvalue weighted by Crippen LogP contribution is 2.49. The number of nitrogens with zero attached hydrogens (tertiary/aromatic N) is 2. The van der Waals surface area contributed by atoms with Crippen molar-refractivity contribution >= 4 is 17.6 Å². The van der Waals surface area contributed by atoms with E-state index >= 15 is 0 Å². The van der Waals surface area contributed by atoms with Crippen molar-refractivity contribution in [1.29, 1.82) is 0 Å². The molecular weight excluding hydrogens is 382 g/mol. The Kier molecular flexibility index (Phi) is 5.54. The summed E-state index contributed by atoms with van der Waals surface area (Å²) in [6, 6.07) is 9.22. The molecular formula is C23H29N3O4. The molecule has 4 rings (SSSR count). The summed E-state index contributed by atoms with van der Waals surface area (Å²) in [5.74, 6) is 0.960. The molecule has 1 aromatic carbocycles. The van der Waals surface area contributed by atoms with Crippen molar-refractivity contribution in [2.75, 3.05) is 5.32 Å². The van der Waals surface area contributed by atoms with Gasteiger partial charge in [0.1, 0.15) is 5.69 Å². The summed E-state index contributed by atoms with van der Waals surface area (Å²) >= 11 is 0. The Hall–Kier alpha value is -2.83. The van der Waals surface area contributed by atoms with Gasteiger partial charge in [-0.05, 0) is 63.0 Å². The third kappa shape index (κ3) is 3.80. The standard InChI is InChI=1S/C23H29N3O4/c1-14-21(23(29)26(25(14)3)19-7-5-4-6-8-19)24-22(28)15(2)30-20(27)13-18-12-16-9-10-17(18)11-16/h4-8,15-18H,9-13H2,1-3H3,(H,24,28)/t15-,16+,17+,18+/m1/s1. The van der Waals surface area contributed by atoms with Gasteiger partial charge in [-0.1, -0.05) is 24.6 Å². The highest BCUT2D eigenvalue weighted by atomic mass is 16.5. The summed E-state index contributed by atoms with van der Waals surface area (Å²) in [6.07, 6.45) is 4.24. The molecule has 2 aliphatic rings. The maximum absolute atomic E-state index is 12.9. The van der Waals surface area contributed by atoms with Crippen LogP contribution < -0.4 is 10.9 Å². The number of hydrogen-bond acceptors (Lipinski definition) is 4. The molecule has 2 saturated carbocycles. The van der Waals surface area contributed by atoms with E-state index in [2.05, 4.69) is 5.32 Å². The van der Waals surface area contributed by atoms with Crippen molar-refractivity contribution in [3.8, 4) is 5.69 Å². The van der Waals surface area contributed by atoms with Gasteiger partial charge in [0.25, 0.3) is 11.5 Å².